The van der Waals surface area contributed by atoms with Crippen LogP contribution in [-0.4, -0.2) is 24.9 Å². The Morgan fingerprint density at radius 1 is 1.04 bits per heavy atom. The number of hydrogen-bond donors (Lipinski definition) is 1. The smallest absolute Gasteiger partial charge is 0.220 e. The zero-order chi connectivity index (χ0) is 18.5. The molecule has 1 atom stereocenters. The molecule has 136 valence electrons. The SMILES string of the molecule is Cc1ccccc1C(C)NC(=O)CCC(=O)c1ccc2c(c1)OCCO2. The number of ether oxygens (including phenoxy) is 2. The van der Waals surface area contributed by atoms with Crippen LogP contribution in [0.1, 0.15) is 47.3 Å². The number of Topliss-reactive ketones (excluding diaryl/α,β-unsaturated/α-hetero) is 1. The van der Waals surface area contributed by atoms with Gasteiger partial charge in [0.05, 0.1) is 6.04 Å². The quantitative estimate of drug-likeness (QED) is 0.806. The third-order valence-electron chi connectivity index (χ3n) is 4.48. The summed E-state index contributed by atoms with van der Waals surface area (Å²) < 4.78 is 10.9. The Balaban J connectivity index is 1.54. The maximum absolute atomic E-state index is 12.4. The molecule has 3 rings (SSSR count). The molecule has 2 aromatic carbocycles. The van der Waals surface area contributed by atoms with E-state index in [4.69, 9.17) is 9.47 Å². The highest BCUT2D eigenvalue weighted by Gasteiger charge is 2.17. The molecule has 26 heavy (non-hydrogen) atoms. The molecule has 0 radical (unpaired) electrons. The van der Waals surface area contributed by atoms with E-state index >= 15 is 0 Å². The summed E-state index contributed by atoms with van der Waals surface area (Å²) in [6.07, 6.45) is 0.315. The van der Waals surface area contributed by atoms with Gasteiger partial charge in [0.15, 0.2) is 17.3 Å². The van der Waals surface area contributed by atoms with E-state index in [9.17, 15) is 9.59 Å². The predicted octanol–water partition coefficient (Wildman–Crippen LogP) is 3.61. The van der Waals surface area contributed by atoms with Crippen molar-refractivity contribution in [2.24, 2.45) is 0 Å². The molecule has 0 saturated carbocycles. The first-order chi connectivity index (χ1) is 12.5. The molecular weight excluding hydrogens is 330 g/mol. The van der Waals surface area contributed by atoms with Gasteiger partial charge in [0, 0.05) is 18.4 Å². The van der Waals surface area contributed by atoms with Gasteiger partial charge in [-0.25, -0.2) is 0 Å². The van der Waals surface area contributed by atoms with Crippen molar-refractivity contribution in [1.82, 2.24) is 5.32 Å². The van der Waals surface area contributed by atoms with Gasteiger partial charge in [-0.15, -0.1) is 0 Å². The first-order valence-electron chi connectivity index (χ1n) is 8.82. The number of rotatable bonds is 6. The molecule has 1 heterocycles. The van der Waals surface area contributed by atoms with Crippen molar-refractivity contribution in [3.63, 3.8) is 0 Å². The Labute approximate surface area is 153 Å². The molecule has 0 fully saturated rings. The summed E-state index contributed by atoms with van der Waals surface area (Å²) in [7, 11) is 0. The van der Waals surface area contributed by atoms with Crippen LogP contribution in [0.5, 0.6) is 11.5 Å². The van der Waals surface area contributed by atoms with Crippen LogP contribution in [0.3, 0.4) is 0 Å². The molecule has 1 N–H and O–H groups in total. The molecule has 1 aliphatic heterocycles. The topological polar surface area (TPSA) is 64.6 Å². The second kappa shape index (κ2) is 8.04. The van der Waals surface area contributed by atoms with Crippen LogP contribution >= 0.6 is 0 Å². The summed E-state index contributed by atoms with van der Waals surface area (Å²) in [5.41, 5.74) is 2.75. The number of hydrogen-bond acceptors (Lipinski definition) is 4. The van der Waals surface area contributed by atoms with Crippen LogP contribution in [0.15, 0.2) is 42.5 Å². The summed E-state index contributed by atoms with van der Waals surface area (Å²) in [4.78, 5) is 24.6. The van der Waals surface area contributed by atoms with Crippen LogP contribution in [0.2, 0.25) is 0 Å². The van der Waals surface area contributed by atoms with Gasteiger partial charge in [0.1, 0.15) is 13.2 Å². The Bertz CT molecular complexity index is 815. The minimum atomic E-state index is -0.133. The lowest BCUT2D eigenvalue weighted by Crippen LogP contribution is -2.27. The zero-order valence-electron chi connectivity index (χ0n) is 15.1. The normalized spacial score (nSPS) is 13.8. The average Bonchev–Trinajstić information content (AvgIpc) is 2.66. The van der Waals surface area contributed by atoms with E-state index in [0.717, 1.165) is 11.1 Å². The average molecular weight is 353 g/mol. The Kier molecular flexibility index (Phi) is 5.56. The van der Waals surface area contributed by atoms with Gasteiger partial charge in [0.25, 0.3) is 0 Å². The van der Waals surface area contributed by atoms with E-state index in [0.29, 0.717) is 30.3 Å². The zero-order valence-corrected chi connectivity index (χ0v) is 15.1. The molecule has 0 saturated heterocycles. The van der Waals surface area contributed by atoms with Crippen LogP contribution in [0.4, 0.5) is 0 Å². The number of ketones is 1. The first-order valence-corrected chi connectivity index (χ1v) is 8.82. The number of fused-ring (bicyclic) bond motifs is 1. The molecule has 1 unspecified atom stereocenters. The highest BCUT2D eigenvalue weighted by atomic mass is 16.6. The molecule has 2 aromatic rings. The maximum Gasteiger partial charge on any atom is 0.220 e. The molecule has 5 heteroatoms. The maximum atomic E-state index is 12.4. The van der Waals surface area contributed by atoms with Gasteiger partial charge in [0.2, 0.25) is 5.91 Å². The number of amides is 1. The lowest BCUT2D eigenvalue weighted by molar-refractivity contribution is -0.121. The fourth-order valence-electron chi connectivity index (χ4n) is 3.05. The Hall–Kier alpha value is -2.82. The third kappa shape index (κ3) is 4.23. The molecule has 1 amide bonds. The van der Waals surface area contributed by atoms with Crippen molar-refractivity contribution in [3.8, 4) is 11.5 Å². The van der Waals surface area contributed by atoms with Crippen molar-refractivity contribution < 1.29 is 19.1 Å². The lowest BCUT2D eigenvalue weighted by Gasteiger charge is -2.18. The van der Waals surface area contributed by atoms with Gasteiger partial charge in [-0.05, 0) is 43.2 Å². The fraction of sp³-hybridized carbons (Fsp3) is 0.333. The summed E-state index contributed by atoms with van der Waals surface area (Å²) >= 11 is 0. The highest BCUT2D eigenvalue weighted by molar-refractivity contribution is 5.98. The Morgan fingerprint density at radius 2 is 1.77 bits per heavy atom. The van der Waals surface area contributed by atoms with Crippen LogP contribution in [0, 0.1) is 6.92 Å². The second-order valence-electron chi connectivity index (χ2n) is 6.43. The molecule has 0 aromatic heterocycles. The first kappa shape index (κ1) is 18.0. The number of carbonyl (C=O) groups excluding carboxylic acids is 2. The number of benzene rings is 2. The summed E-state index contributed by atoms with van der Waals surface area (Å²) in [5.74, 6) is 1.02. The molecule has 0 spiro atoms. The van der Waals surface area contributed by atoms with Crippen LogP contribution in [-0.2, 0) is 4.79 Å². The monoisotopic (exact) mass is 353 g/mol. The standard InChI is InChI=1S/C21H23NO4/c1-14-5-3-4-6-17(14)15(2)22-21(24)10-8-18(23)16-7-9-19-20(13-16)26-12-11-25-19/h3-7,9,13,15H,8,10-12H2,1-2H3,(H,22,24). The van der Waals surface area contributed by atoms with E-state index in [2.05, 4.69) is 5.32 Å². The van der Waals surface area contributed by atoms with E-state index in [1.54, 1.807) is 18.2 Å². The molecule has 5 nitrogen and oxygen atoms in total. The summed E-state index contributed by atoms with van der Waals surface area (Å²) in [5, 5.41) is 2.96. The van der Waals surface area contributed by atoms with Gasteiger partial charge >= 0.3 is 0 Å². The molecule has 0 aliphatic carbocycles. The van der Waals surface area contributed by atoms with E-state index in [1.807, 2.05) is 38.1 Å². The Morgan fingerprint density at radius 3 is 2.54 bits per heavy atom. The summed E-state index contributed by atoms with van der Waals surface area (Å²) in [6.45, 7) is 4.95. The minimum absolute atomic E-state index is 0.0827. The van der Waals surface area contributed by atoms with Crippen molar-refractivity contribution in [3.05, 3.63) is 59.2 Å². The van der Waals surface area contributed by atoms with Gasteiger partial charge in [-0.2, -0.15) is 0 Å². The van der Waals surface area contributed by atoms with E-state index < -0.39 is 0 Å². The number of nitrogens with one attached hydrogen (secondary N) is 1. The van der Waals surface area contributed by atoms with Crippen molar-refractivity contribution >= 4 is 11.7 Å². The van der Waals surface area contributed by atoms with Gasteiger partial charge < -0.3 is 14.8 Å². The molecule has 1 aliphatic rings. The van der Waals surface area contributed by atoms with Crippen molar-refractivity contribution in [1.29, 1.82) is 0 Å². The van der Waals surface area contributed by atoms with Crippen molar-refractivity contribution in [2.75, 3.05) is 13.2 Å². The fourth-order valence-corrected chi connectivity index (χ4v) is 3.05. The number of aryl methyl sites for hydroxylation is 1. The van der Waals surface area contributed by atoms with E-state index in [-0.39, 0.29) is 30.6 Å². The highest BCUT2D eigenvalue weighted by Crippen LogP contribution is 2.31. The number of carbonyl (C=O) groups is 2. The largest absolute Gasteiger partial charge is 0.486 e. The summed E-state index contributed by atoms with van der Waals surface area (Å²) in [6, 6.07) is 13.0. The van der Waals surface area contributed by atoms with Gasteiger partial charge in [-0.1, -0.05) is 24.3 Å². The van der Waals surface area contributed by atoms with Crippen molar-refractivity contribution in [2.45, 2.75) is 32.7 Å². The van der Waals surface area contributed by atoms with E-state index in [1.165, 1.54) is 0 Å². The molecular formula is C21H23NO4. The molecule has 0 bridgehead atoms. The lowest BCUT2D eigenvalue weighted by atomic mass is 10.0. The predicted molar refractivity (Wildman–Crippen MR) is 98.7 cm³/mol. The van der Waals surface area contributed by atoms with Crippen LogP contribution in [0.25, 0.3) is 0 Å². The van der Waals surface area contributed by atoms with Gasteiger partial charge in [-0.3, -0.25) is 9.59 Å². The van der Waals surface area contributed by atoms with Crippen LogP contribution < -0.4 is 14.8 Å². The second-order valence-corrected chi connectivity index (χ2v) is 6.43. The minimum Gasteiger partial charge on any atom is -0.486 e. The third-order valence-corrected chi connectivity index (χ3v) is 4.48.